The first-order valence-corrected chi connectivity index (χ1v) is 3.56. The van der Waals surface area contributed by atoms with Gasteiger partial charge in [0.05, 0.1) is 6.54 Å². The largest absolute Gasteiger partial charge is 0.358 e. The van der Waals surface area contributed by atoms with Gasteiger partial charge in [0, 0.05) is 13.0 Å². The molecule has 4 nitrogen and oxygen atoms in total. The van der Waals surface area contributed by atoms with E-state index in [0.717, 1.165) is 0 Å². The number of hydrogen-bond acceptors (Lipinski definition) is 2. The van der Waals surface area contributed by atoms with E-state index in [1.807, 2.05) is 0 Å². The van der Waals surface area contributed by atoms with E-state index in [2.05, 4.69) is 10.6 Å². The summed E-state index contributed by atoms with van der Waals surface area (Å²) >= 11 is 0. The Morgan fingerprint density at radius 1 is 1.36 bits per heavy atom. The lowest BCUT2D eigenvalue weighted by atomic mass is 10.2. The van der Waals surface area contributed by atoms with Gasteiger partial charge < -0.3 is 10.6 Å². The molecule has 0 aliphatic rings. The van der Waals surface area contributed by atoms with E-state index in [-0.39, 0.29) is 24.3 Å². The van der Waals surface area contributed by atoms with Crippen molar-refractivity contribution in [2.45, 2.75) is 13.8 Å². The molecule has 0 bridgehead atoms. The molecule has 2 amide bonds. The van der Waals surface area contributed by atoms with Crippen LogP contribution >= 0.6 is 0 Å². The minimum absolute atomic E-state index is 0.0630. The summed E-state index contributed by atoms with van der Waals surface area (Å²) < 4.78 is 0. The molecule has 0 radical (unpaired) electrons. The number of rotatable bonds is 3. The molecular weight excluding hydrogens is 144 g/mol. The Labute approximate surface area is 66.4 Å². The summed E-state index contributed by atoms with van der Waals surface area (Å²) in [5.41, 5.74) is 0. The van der Waals surface area contributed by atoms with Crippen molar-refractivity contribution in [1.29, 1.82) is 0 Å². The minimum Gasteiger partial charge on any atom is -0.358 e. The topological polar surface area (TPSA) is 58.2 Å². The molecule has 0 aliphatic heterocycles. The Morgan fingerprint density at radius 3 is 2.27 bits per heavy atom. The number of nitrogens with one attached hydrogen (secondary N) is 2. The standard InChI is InChI=1S/C7H14N2O2/c1-5(2)7(11)9-4-6(10)8-3/h5H,4H2,1-3H3,(H,8,10)(H,9,11). The first-order valence-electron chi connectivity index (χ1n) is 3.56. The fourth-order valence-electron chi connectivity index (χ4n) is 0.460. The van der Waals surface area contributed by atoms with E-state index in [9.17, 15) is 9.59 Å². The molecule has 4 heteroatoms. The van der Waals surface area contributed by atoms with Crippen LogP contribution in [0, 0.1) is 5.92 Å². The third kappa shape index (κ3) is 4.36. The van der Waals surface area contributed by atoms with Gasteiger partial charge in [0.1, 0.15) is 0 Å². The highest BCUT2D eigenvalue weighted by molar-refractivity contribution is 5.85. The molecule has 0 heterocycles. The molecule has 0 aromatic carbocycles. The number of likely N-dealkylation sites (N-methyl/N-ethyl adjacent to an activating group) is 1. The van der Waals surface area contributed by atoms with Gasteiger partial charge in [-0.1, -0.05) is 13.8 Å². The molecule has 0 saturated carbocycles. The van der Waals surface area contributed by atoms with Crippen molar-refractivity contribution in [2.24, 2.45) is 5.92 Å². The summed E-state index contributed by atoms with van der Waals surface area (Å²) in [6.45, 7) is 3.62. The van der Waals surface area contributed by atoms with Crippen LogP contribution in [0.5, 0.6) is 0 Å². The van der Waals surface area contributed by atoms with Gasteiger partial charge in [0.2, 0.25) is 11.8 Å². The first-order chi connectivity index (χ1) is 5.07. The summed E-state index contributed by atoms with van der Waals surface area (Å²) in [6.07, 6.45) is 0. The van der Waals surface area contributed by atoms with E-state index < -0.39 is 0 Å². The highest BCUT2D eigenvalue weighted by atomic mass is 16.2. The maximum absolute atomic E-state index is 10.9. The minimum atomic E-state index is -0.181. The number of carbonyl (C=O) groups is 2. The van der Waals surface area contributed by atoms with Crippen molar-refractivity contribution < 1.29 is 9.59 Å². The average Bonchev–Trinajstić information content (AvgIpc) is 1.99. The molecular formula is C7H14N2O2. The highest BCUT2D eigenvalue weighted by Crippen LogP contribution is 1.88. The maximum atomic E-state index is 10.9. The fourth-order valence-corrected chi connectivity index (χ4v) is 0.460. The SMILES string of the molecule is CNC(=O)CNC(=O)C(C)C. The van der Waals surface area contributed by atoms with E-state index in [1.165, 1.54) is 7.05 Å². The summed E-state index contributed by atoms with van der Waals surface area (Å²) in [5.74, 6) is -0.354. The number of hydrogen-bond donors (Lipinski definition) is 2. The smallest absolute Gasteiger partial charge is 0.239 e. The van der Waals surface area contributed by atoms with Crippen LogP contribution in [0.4, 0.5) is 0 Å². The molecule has 0 fully saturated rings. The lowest BCUT2D eigenvalue weighted by molar-refractivity contribution is -0.127. The van der Waals surface area contributed by atoms with Crippen molar-refractivity contribution in [2.75, 3.05) is 13.6 Å². The molecule has 0 atom stereocenters. The molecule has 0 unspecified atom stereocenters. The van der Waals surface area contributed by atoms with Crippen LogP contribution in [-0.4, -0.2) is 25.4 Å². The molecule has 0 saturated heterocycles. The summed E-state index contributed by atoms with van der Waals surface area (Å²) in [7, 11) is 1.53. The fraction of sp³-hybridized carbons (Fsp3) is 0.714. The molecule has 0 rings (SSSR count). The van der Waals surface area contributed by atoms with Gasteiger partial charge in [0.15, 0.2) is 0 Å². The van der Waals surface area contributed by atoms with E-state index >= 15 is 0 Å². The molecule has 0 aromatic heterocycles. The van der Waals surface area contributed by atoms with Crippen LogP contribution in [0.2, 0.25) is 0 Å². The molecule has 64 valence electrons. The number of amides is 2. The Bertz CT molecular complexity index is 155. The monoisotopic (exact) mass is 158 g/mol. The van der Waals surface area contributed by atoms with Gasteiger partial charge in [-0.15, -0.1) is 0 Å². The zero-order valence-electron chi connectivity index (χ0n) is 7.10. The molecule has 0 aliphatic carbocycles. The zero-order chi connectivity index (χ0) is 8.85. The Balaban J connectivity index is 3.54. The normalized spacial score (nSPS) is 9.45. The van der Waals surface area contributed by atoms with Crippen LogP contribution in [0.15, 0.2) is 0 Å². The first kappa shape index (κ1) is 9.94. The molecule has 0 aromatic rings. The van der Waals surface area contributed by atoms with Gasteiger partial charge in [-0.05, 0) is 0 Å². The second-order valence-electron chi connectivity index (χ2n) is 2.55. The van der Waals surface area contributed by atoms with Crippen molar-refractivity contribution in [3.8, 4) is 0 Å². The second kappa shape index (κ2) is 4.71. The van der Waals surface area contributed by atoms with Crippen LogP contribution in [0.3, 0.4) is 0 Å². The van der Waals surface area contributed by atoms with Crippen LogP contribution in [-0.2, 0) is 9.59 Å². The van der Waals surface area contributed by atoms with E-state index in [1.54, 1.807) is 13.8 Å². The highest BCUT2D eigenvalue weighted by Gasteiger charge is 2.06. The average molecular weight is 158 g/mol. The van der Waals surface area contributed by atoms with Gasteiger partial charge >= 0.3 is 0 Å². The second-order valence-corrected chi connectivity index (χ2v) is 2.55. The summed E-state index contributed by atoms with van der Waals surface area (Å²) in [4.78, 5) is 21.5. The van der Waals surface area contributed by atoms with Crippen molar-refractivity contribution >= 4 is 11.8 Å². The predicted octanol–water partition coefficient (Wildman–Crippen LogP) is -0.495. The summed E-state index contributed by atoms with van der Waals surface area (Å²) in [5, 5.41) is 4.89. The Kier molecular flexibility index (Phi) is 4.26. The Morgan fingerprint density at radius 2 is 1.91 bits per heavy atom. The third-order valence-electron chi connectivity index (χ3n) is 1.23. The lowest BCUT2D eigenvalue weighted by Gasteiger charge is -2.05. The van der Waals surface area contributed by atoms with Crippen molar-refractivity contribution in [3.63, 3.8) is 0 Å². The molecule has 11 heavy (non-hydrogen) atoms. The maximum Gasteiger partial charge on any atom is 0.239 e. The summed E-state index contributed by atoms with van der Waals surface area (Å²) in [6, 6.07) is 0. The van der Waals surface area contributed by atoms with Gasteiger partial charge in [-0.3, -0.25) is 9.59 Å². The van der Waals surface area contributed by atoms with E-state index in [4.69, 9.17) is 0 Å². The lowest BCUT2D eigenvalue weighted by Crippen LogP contribution is -2.37. The third-order valence-corrected chi connectivity index (χ3v) is 1.23. The van der Waals surface area contributed by atoms with Crippen LogP contribution in [0.25, 0.3) is 0 Å². The number of carbonyl (C=O) groups excluding carboxylic acids is 2. The predicted molar refractivity (Wildman–Crippen MR) is 41.9 cm³/mol. The molecule has 0 spiro atoms. The molecule has 2 N–H and O–H groups in total. The Hall–Kier alpha value is -1.06. The van der Waals surface area contributed by atoms with Gasteiger partial charge in [-0.2, -0.15) is 0 Å². The van der Waals surface area contributed by atoms with Crippen LogP contribution < -0.4 is 10.6 Å². The van der Waals surface area contributed by atoms with Crippen molar-refractivity contribution in [1.82, 2.24) is 10.6 Å². The zero-order valence-corrected chi connectivity index (χ0v) is 7.10. The van der Waals surface area contributed by atoms with Gasteiger partial charge in [-0.25, -0.2) is 0 Å². The van der Waals surface area contributed by atoms with E-state index in [0.29, 0.717) is 0 Å². The van der Waals surface area contributed by atoms with Crippen molar-refractivity contribution in [3.05, 3.63) is 0 Å². The van der Waals surface area contributed by atoms with Crippen LogP contribution in [0.1, 0.15) is 13.8 Å². The quantitative estimate of drug-likeness (QED) is 0.582. The van der Waals surface area contributed by atoms with Gasteiger partial charge in [0.25, 0.3) is 0 Å².